The van der Waals surface area contributed by atoms with Gasteiger partial charge >= 0.3 is 11.9 Å². The highest BCUT2D eigenvalue weighted by Gasteiger charge is 2.43. The minimum Gasteiger partial charge on any atom is -0.490 e. The first-order chi connectivity index (χ1) is 13.3. The number of nitro groups is 1. The molecule has 28 heavy (non-hydrogen) atoms. The fourth-order valence-corrected chi connectivity index (χ4v) is 4.23. The second-order valence-electron chi connectivity index (χ2n) is 6.93. The predicted octanol–water partition coefficient (Wildman–Crippen LogP) is 5.45. The summed E-state index contributed by atoms with van der Waals surface area (Å²) in [5.74, 6) is -0.0873. The number of nitro benzene ring substituents is 1. The van der Waals surface area contributed by atoms with Crippen molar-refractivity contribution in [2.75, 3.05) is 12.4 Å². The summed E-state index contributed by atoms with van der Waals surface area (Å²) in [6.07, 6.45) is 0.0640. The van der Waals surface area contributed by atoms with Gasteiger partial charge in [-0.2, -0.15) is 13.2 Å². The van der Waals surface area contributed by atoms with E-state index in [0.29, 0.717) is 17.5 Å². The number of allylic oxidation sites excluding steroid dienone is 2. The summed E-state index contributed by atoms with van der Waals surface area (Å²) < 4.78 is 45.7. The SMILES string of the molecule is COc1ccc([C@H]2Nc3c(cccc3C(F)(F)F)[C@H]3C=CC[C@@H]32)cc1[N+](=O)[O-]. The van der Waals surface area contributed by atoms with E-state index in [1.54, 1.807) is 12.1 Å². The molecule has 0 spiro atoms. The number of hydrogen-bond donors (Lipinski definition) is 1. The third kappa shape index (κ3) is 2.89. The minimum atomic E-state index is -4.50. The van der Waals surface area contributed by atoms with E-state index in [9.17, 15) is 23.3 Å². The molecule has 0 unspecified atom stereocenters. The van der Waals surface area contributed by atoms with Gasteiger partial charge < -0.3 is 10.1 Å². The molecule has 3 atom stereocenters. The van der Waals surface area contributed by atoms with E-state index < -0.39 is 22.7 Å². The quantitative estimate of drug-likeness (QED) is 0.430. The van der Waals surface area contributed by atoms with Crippen LogP contribution in [0.3, 0.4) is 0 Å². The first-order valence-corrected chi connectivity index (χ1v) is 8.77. The van der Waals surface area contributed by atoms with E-state index in [1.165, 1.54) is 25.3 Å². The molecule has 1 N–H and O–H groups in total. The molecule has 0 radical (unpaired) electrons. The van der Waals surface area contributed by atoms with Crippen molar-refractivity contribution >= 4 is 11.4 Å². The largest absolute Gasteiger partial charge is 0.490 e. The first-order valence-electron chi connectivity index (χ1n) is 8.77. The number of methoxy groups -OCH3 is 1. The molecule has 1 aliphatic heterocycles. The van der Waals surface area contributed by atoms with E-state index >= 15 is 0 Å². The zero-order chi connectivity index (χ0) is 20.1. The Bertz CT molecular complexity index is 972. The van der Waals surface area contributed by atoms with Gasteiger partial charge in [0.25, 0.3) is 0 Å². The summed E-state index contributed by atoms with van der Waals surface area (Å²) in [6, 6.07) is 8.23. The van der Waals surface area contributed by atoms with Gasteiger partial charge in [0.05, 0.1) is 29.3 Å². The number of nitrogens with zero attached hydrogens (tertiary/aromatic N) is 1. The maximum Gasteiger partial charge on any atom is 0.418 e. The van der Waals surface area contributed by atoms with Crippen LogP contribution >= 0.6 is 0 Å². The lowest BCUT2D eigenvalue weighted by molar-refractivity contribution is -0.385. The predicted molar refractivity (Wildman–Crippen MR) is 97.4 cm³/mol. The molecule has 0 amide bonds. The van der Waals surface area contributed by atoms with E-state index in [4.69, 9.17) is 4.74 Å². The van der Waals surface area contributed by atoms with Crippen LogP contribution in [0, 0.1) is 16.0 Å². The monoisotopic (exact) mass is 390 g/mol. The smallest absolute Gasteiger partial charge is 0.418 e. The molecule has 2 aromatic carbocycles. The third-order valence-corrected chi connectivity index (χ3v) is 5.46. The van der Waals surface area contributed by atoms with Gasteiger partial charge in [0.15, 0.2) is 5.75 Å². The average molecular weight is 390 g/mol. The molecule has 0 saturated heterocycles. The molecular weight excluding hydrogens is 373 g/mol. The van der Waals surface area contributed by atoms with Gasteiger partial charge in [-0.05, 0) is 35.6 Å². The van der Waals surface area contributed by atoms with Crippen molar-refractivity contribution < 1.29 is 22.8 Å². The summed E-state index contributed by atoms with van der Waals surface area (Å²) in [6.45, 7) is 0. The summed E-state index contributed by atoms with van der Waals surface area (Å²) in [5, 5.41) is 14.4. The molecule has 0 saturated carbocycles. The van der Waals surface area contributed by atoms with Gasteiger partial charge in [-0.1, -0.05) is 30.4 Å². The lowest BCUT2D eigenvalue weighted by atomic mass is 9.76. The maximum atomic E-state index is 13.6. The van der Waals surface area contributed by atoms with Gasteiger partial charge in [0.2, 0.25) is 0 Å². The van der Waals surface area contributed by atoms with Crippen molar-refractivity contribution in [2.24, 2.45) is 5.92 Å². The van der Waals surface area contributed by atoms with E-state index in [-0.39, 0.29) is 29.0 Å². The molecule has 0 bridgehead atoms. The second-order valence-corrected chi connectivity index (χ2v) is 6.93. The lowest BCUT2D eigenvalue weighted by Crippen LogP contribution is -2.30. The van der Waals surface area contributed by atoms with Crippen LogP contribution < -0.4 is 10.1 Å². The zero-order valence-corrected chi connectivity index (χ0v) is 14.9. The molecule has 5 nitrogen and oxygen atoms in total. The molecule has 8 heteroatoms. The van der Waals surface area contributed by atoms with Gasteiger partial charge in [-0.3, -0.25) is 10.1 Å². The number of alkyl halides is 3. The van der Waals surface area contributed by atoms with Gasteiger partial charge in [-0.25, -0.2) is 0 Å². The highest BCUT2D eigenvalue weighted by atomic mass is 19.4. The lowest BCUT2D eigenvalue weighted by Gasteiger charge is -2.38. The van der Waals surface area contributed by atoms with Crippen molar-refractivity contribution in [1.82, 2.24) is 0 Å². The van der Waals surface area contributed by atoms with Crippen LogP contribution in [0.15, 0.2) is 48.6 Å². The van der Waals surface area contributed by atoms with Crippen molar-refractivity contribution in [3.63, 3.8) is 0 Å². The maximum absolute atomic E-state index is 13.6. The standard InChI is InChI=1S/C20H17F3N2O3/c1-28-17-9-8-11(10-16(17)25(26)27)18-13-5-2-4-12(13)14-6-3-7-15(19(14)24-18)20(21,22)23/h2-4,6-10,12-13,18,24H,5H2,1H3/t12-,13-,18+/m0/s1. The highest BCUT2D eigenvalue weighted by molar-refractivity contribution is 5.65. The number of hydrogen-bond acceptors (Lipinski definition) is 4. The van der Waals surface area contributed by atoms with Crippen molar-refractivity contribution in [3.8, 4) is 5.75 Å². The fourth-order valence-electron chi connectivity index (χ4n) is 4.23. The molecule has 0 aromatic heterocycles. The van der Waals surface area contributed by atoms with Crippen LogP contribution in [-0.2, 0) is 6.18 Å². The Hall–Kier alpha value is -3.03. The molecule has 2 aliphatic rings. The first kappa shape index (κ1) is 18.3. The Labute approximate surface area is 159 Å². The molecule has 146 valence electrons. The van der Waals surface area contributed by atoms with Crippen LogP contribution in [0.4, 0.5) is 24.5 Å². The Morgan fingerprint density at radius 1 is 1.25 bits per heavy atom. The number of halogens is 3. The average Bonchev–Trinajstić information content (AvgIpc) is 3.15. The van der Waals surface area contributed by atoms with Crippen LogP contribution in [0.5, 0.6) is 5.75 Å². The van der Waals surface area contributed by atoms with E-state index in [2.05, 4.69) is 5.32 Å². The number of benzene rings is 2. The van der Waals surface area contributed by atoms with Gasteiger partial charge in [-0.15, -0.1) is 0 Å². The minimum absolute atomic E-state index is 0.0241. The number of para-hydroxylation sites is 1. The normalized spacial score (nSPS) is 22.9. The van der Waals surface area contributed by atoms with Crippen LogP contribution in [0.1, 0.15) is 35.1 Å². The number of anilines is 1. The summed E-state index contributed by atoms with van der Waals surface area (Å²) in [7, 11) is 1.34. The van der Waals surface area contributed by atoms with Crippen molar-refractivity contribution in [2.45, 2.75) is 24.6 Å². The summed E-state index contributed by atoms with van der Waals surface area (Å²) >= 11 is 0. The Morgan fingerprint density at radius 2 is 2.04 bits per heavy atom. The third-order valence-electron chi connectivity index (χ3n) is 5.46. The molecule has 1 heterocycles. The Kier molecular flexibility index (Phi) is 4.28. The second kappa shape index (κ2) is 6.54. The highest BCUT2D eigenvalue weighted by Crippen LogP contribution is 2.53. The van der Waals surface area contributed by atoms with Crippen LogP contribution in [0.25, 0.3) is 0 Å². The fraction of sp³-hybridized carbons (Fsp3) is 0.300. The molecule has 4 rings (SSSR count). The molecule has 1 aliphatic carbocycles. The topological polar surface area (TPSA) is 64.4 Å². The molecule has 2 aromatic rings. The Morgan fingerprint density at radius 3 is 2.71 bits per heavy atom. The van der Waals surface area contributed by atoms with E-state index in [0.717, 1.165) is 6.07 Å². The summed E-state index contributed by atoms with van der Waals surface area (Å²) in [5.41, 5.74) is 0.281. The van der Waals surface area contributed by atoms with Crippen LogP contribution in [-0.4, -0.2) is 12.0 Å². The molecular formula is C20H17F3N2O3. The van der Waals surface area contributed by atoms with Gasteiger partial charge in [0, 0.05) is 12.0 Å². The number of ether oxygens (including phenoxy) is 1. The number of nitrogens with one attached hydrogen (secondary N) is 1. The number of fused-ring (bicyclic) bond motifs is 3. The van der Waals surface area contributed by atoms with Crippen molar-refractivity contribution in [3.05, 3.63) is 75.4 Å². The number of rotatable bonds is 3. The Balaban J connectivity index is 1.83. The van der Waals surface area contributed by atoms with Crippen molar-refractivity contribution in [1.29, 1.82) is 0 Å². The zero-order valence-electron chi connectivity index (χ0n) is 14.9. The molecule has 0 fully saturated rings. The summed E-state index contributed by atoms with van der Waals surface area (Å²) in [4.78, 5) is 10.8. The van der Waals surface area contributed by atoms with Gasteiger partial charge in [0.1, 0.15) is 0 Å². The van der Waals surface area contributed by atoms with E-state index in [1.807, 2.05) is 12.2 Å². The van der Waals surface area contributed by atoms with Crippen LogP contribution in [0.2, 0.25) is 0 Å².